The number of nitriles is 2. The van der Waals surface area contributed by atoms with E-state index in [-0.39, 0.29) is 0 Å². The van der Waals surface area contributed by atoms with Gasteiger partial charge in [0.25, 0.3) is 0 Å². The van der Waals surface area contributed by atoms with E-state index in [2.05, 4.69) is 29.3 Å². The minimum Gasteiger partial charge on any atom is -0.196 e. The van der Waals surface area contributed by atoms with Crippen LogP contribution < -0.4 is 0 Å². The van der Waals surface area contributed by atoms with Gasteiger partial charge in [0, 0.05) is 0 Å². The van der Waals surface area contributed by atoms with Crippen molar-refractivity contribution >= 4 is 0 Å². The van der Waals surface area contributed by atoms with Crippen LogP contribution in [0, 0.1) is 22.7 Å². The molecule has 0 aromatic rings. The van der Waals surface area contributed by atoms with Crippen molar-refractivity contribution in [1.82, 2.24) is 0 Å². The predicted octanol–water partition coefficient (Wildman–Crippen LogP) is 3.60. The second-order valence-electron chi connectivity index (χ2n) is 4.43. The van der Waals surface area contributed by atoms with Gasteiger partial charge >= 0.3 is 0 Å². The Hall–Kier alpha value is -1.42. The summed E-state index contributed by atoms with van der Waals surface area (Å²) in [4.78, 5) is 0. The van der Waals surface area contributed by atoms with Crippen LogP contribution in [-0.4, -0.2) is 11.1 Å². The molecule has 2 atom stereocenters. The molecule has 0 saturated heterocycles. The Labute approximate surface area is 98.0 Å². The molecule has 88 valence electrons. The van der Waals surface area contributed by atoms with E-state index < -0.39 is 11.1 Å². The molecule has 0 N–H and O–H groups in total. The van der Waals surface area contributed by atoms with E-state index >= 15 is 0 Å². The van der Waals surface area contributed by atoms with Crippen molar-refractivity contribution in [3.05, 3.63) is 0 Å². The van der Waals surface area contributed by atoms with Gasteiger partial charge in [-0.2, -0.15) is 20.8 Å². The lowest BCUT2D eigenvalue weighted by Gasteiger charge is -2.18. The molecule has 0 aromatic heterocycles. The van der Waals surface area contributed by atoms with Crippen LogP contribution in [-0.2, 0) is 0 Å². The zero-order valence-corrected chi connectivity index (χ0v) is 10.6. The van der Waals surface area contributed by atoms with Crippen molar-refractivity contribution in [1.29, 1.82) is 10.5 Å². The molecule has 0 aliphatic carbocycles. The lowest BCUT2D eigenvalue weighted by atomic mass is 9.98. The number of hydrogen-bond acceptors (Lipinski definition) is 4. The SMILES string of the molecule is CCCCC(C)(C#N)N=NC(C)(C#N)CC. The van der Waals surface area contributed by atoms with Gasteiger partial charge in [-0.3, -0.25) is 0 Å². The molecule has 0 fully saturated rings. The molecule has 0 radical (unpaired) electrons. The molecule has 0 aromatic carbocycles. The van der Waals surface area contributed by atoms with Crippen LogP contribution in [0.3, 0.4) is 0 Å². The topological polar surface area (TPSA) is 72.3 Å². The molecule has 4 nitrogen and oxygen atoms in total. The first-order chi connectivity index (χ1) is 7.45. The smallest absolute Gasteiger partial charge is 0.164 e. The first-order valence-electron chi connectivity index (χ1n) is 5.72. The summed E-state index contributed by atoms with van der Waals surface area (Å²) in [5.41, 5.74) is -1.59. The van der Waals surface area contributed by atoms with Crippen LogP contribution >= 0.6 is 0 Å². The van der Waals surface area contributed by atoms with Gasteiger partial charge in [0.1, 0.15) is 0 Å². The van der Waals surface area contributed by atoms with E-state index in [0.717, 1.165) is 12.8 Å². The summed E-state index contributed by atoms with van der Waals surface area (Å²) in [6.45, 7) is 7.45. The van der Waals surface area contributed by atoms with E-state index in [4.69, 9.17) is 10.5 Å². The Bertz CT molecular complexity index is 323. The molecular formula is C12H20N4. The maximum absolute atomic E-state index is 9.07. The Morgan fingerprint density at radius 1 is 1.00 bits per heavy atom. The van der Waals surface area contributed by atoms with Crippen molar-refractivity contribution < 1.29 is 0 Å². The first-order valence-corrected chi connectivity index (χ1v) is 5.72. The van der Waals surface area contributed by atoms with Crippen molar-refractivity contribution in [3.8, 4) is 12.1 Å². The van der Waals surface area contributed by atoms with Gasteiger partial charge in [-0.15, -0.1) is 0 Å². The number of unbranched alkanes of at least 4 members (excludes halogenated alkanes) is 1. The van der Waals surface area contributed by atoms with Crippen LogP contribution in [0.25, 0.3) is 0 Å². The summed E-state index contributed by atoms with van der Waals surface area (Å²) >= 11 is 0. The van der Waals surface area contributed by atoms with Crippen molar-refractivity contribution in [3.63, 3.8) is 0 Å². The standard InChI is InChI=1S/C12H20N4/c1-5-7-8-12(4,10-14)16-15-11(3,6-2)9-13/h5-8H2,1-4H3. The van der Waals surface area contributed by atoms with Gasteiger partial charge in [0.15, 0.2) is 11.1 Å². The highest BCUT2D eigenvalue weighted by atomic mass is 15.2. The summed E-state index contributed by atoms with van der Waals surface area (Å²) in [6, 6.07) is 4.28. The minimum atomic E-state index is -0.801. The molecule has 0 aliphatic rings. The van der Waals surface area contributed by atoms with E-state index in [1.807, 2.05) is 6.92 Å². The van der Waals surface area contributed by atoms with Gasteiger partial charge < -0.3 is 0 Å². The second kappa shape index (κ2) is 6.23. The Morgan fingerprint density at radius 2 is 1.50 bits per heavy atom. The normalized spacial score (nSPS) is 18.4. The van der Waals surface area contributed by atoms with Crippen LogP contribution in [0.5, 0.6) is 0 Å². The molecule has 4 heteroatoms. The van der Waals surface area contributed by atoms with Crippen LogP contribution in [0.1, 0.15) is 53.4 Å². The molecule has 0 saturated carbocycles. The average molecular weight is 220 g/mol. The minimum absolute atomic E-state index is 0.599. The monoisotopic (exact) mass is 220 g/mol. The van der Waals surface area contributed by atoms with E-state index in [9.17, 15) is 0 Å². The van der Waals surface area contributed by atoms with Crippen LogP contribution in [0.15, 0.2) is 10.2 Å². The summed E-state index contributed by atoms with van der Waals surface area (Å²) in [5, 5.41) is 26.1. The highest BCUT2D eigenvalue weighted by Gasteiger charge is 2.26. The van der Waals surface area contributed by atoms with Crippen molar-refractivity contribution in [2.75, 3.05) is 0 Å². The van der Waals surface area contributed by atoms with E-state index in [1.54, 1.807) is 13.8 Å². The fourth-order valence-corrected chi connectivity index (χ4v) is 1.04. The highest BCUT2D eigenvalue weighted by Crippen LogP contribution is 2.22. The number of rotatable bonds is 6. The van der Waals surface area contributed by atoms with Gasteiger partial charge in [-0.05, 0) is 26.7 Å². The Morgan fingerprint density at radius 3 is 1.88 bits per heavy atom. The van der Waals surface area contributed by atoms with Crippen LogP contribution in [0.2, 0.25) is 0 Å². The molecule has 2 unspecified atom stereocenters. The fourth-order valence-electron chi connectivity index (χ4n) is 1.04. The molecule has 0 heterocycles. The lowest BCUT2D eigenvalue weighted by molar-refractivity contribution is 0.449. The van der Waals surface area contributed by atoms with Gasteiger partial charge in [-0.25, -0.2) is 0 Å². The molecule has 0 aliphatic heterocycles. The largest absolute Gasteiger partial charge is 0.196 e. The van der Waals surface area contributed by atoms with Crippen LogP contribution in [0.4, 0.5) is 0 Å². The average Bonchev–Trinajstić information content (AvgIpc) is 2.33. The molecule has 0 rings (SSSR count). The third-order valence-corrected chi connectivity index (χ3v) is 2.68. The quantitative estimate of drug-likeness (QED) is 0.641. The van der Waals surface area contributed by atoms with Gasteiger partial charge in [0.05, 0.1) is 12.1 Å². The summed E-state index contributed by atoms with van der Waals surface area (Å²) in [7, 11) is 0. The summed E-state index contributed by atoms with van der Waals surface area (Å²) in [5.74, 6) is 0. The van der Waals surface area contributed by atoms with Crippen molar-refractivity contribution in [2.45, 2.75) is 64.5 Å². The fraction of sp³-hybridized carbons (Fsp3) is 0.833. The lowest BCUT2D eigenvalue weighted by Crippen LogP contribution is -2.22. The Kier molecular flexibility index (Phi) is 5.67. The van der Waals surface area contributed by atoms with E-state index in [1.165, 1.54) is 0 Å². The van der Waals surface area contributed by atoms with E-state index in [0.29, 0.717) is 12.8 Å². The maximum Gasteiger partial charge on any atom is 0.164 e. The predicted molar refractivity (Wildman–Crippen MR) is 62.7 cm³/mol. The third kappa shape index (κ3) is 4.40. The first kappa shape index (κ1) is 14.6. The maximum atomic E-state index is 9.07. The second-order valence-corrected chi connectivity index (χ2v) is 4.43. The van der Waals surface area contributed by atoms with Crippen molar-refractivity contribution in [2.24, 2.45) is 10.2 Å². The summed E-state index contributed by atoms with van der Waals surface area (Å²) in [6.07, 6.45) is 3.26. The number of nitrogens with zero attached hydrogens (tertiary/aromatic N) is 4. The molecule has 0 amide bonds. The van der Waals surface area contributed by atoms with Gasteiger partial charge in [0.2, 0.25) is 0 Å². The third-order valence-electron chi connectivity index (χ3n) is 2.68. The number of hydrogen-bond donors (Lipinski definition) is 0. The van der Waals surface area contributed by atoms with Gasteiger partial charge in [-0.1, -0.05) is 26.7 Å². The molecule has 16 heavy (non-hydrogen) atoms. The Balaban J connectivity index is 4.73. The molecule has 0 spiro atoms. The molecule has 0 bridgehead atoms. The summed E-state index contributed by atoms with van der Waals surface area (Å²) < 4.78 is 0. The number of azo groups is 1. The molecular weight excluding hydrogens is 200 g/mol. The highest BCUT2D eigenvalue weighted by molar-refractivity contribution is 5.06. The zero-order chi connectivity index (χ0) is 12.7. The zero-order valence-electron chi connectivity index (χ0n) is 10.6.